The Bertz CT molecular complexity index is 1730. The molecule has 0 saturated heterocycles. The maximum absolute atomic E-state index is 12.6. The van der Waals surface area contributed by atoms with Crippen molar-refractivity contribution in [2.24, 2.45) is 10.2 Å². The minimum Gasteiger partial charge on any atom is -0.507 e. The van der Waals surface area contributed by atoms with Crippen LogP contribution in [0.15, 0.2) is 64.8 Å². The number of methoxy groups -OCH3 is 1. The summed E-state index contributed by atoms with van der Waals surface area (Å²) in [5.74, 6) is -2.73. The number of carbonyl (C=O) groups is 3. The lowest BCUT2D eigenvalue weighted by Crippen LogP contribution is -2.14. The van der Waals surface area contributed by atoms with Gasteiger partial charge in [-0.15, -0.1) is 17.5 Å². The fourth-order valence-corrected chi connectivity index (χ4v) is 3.89. The van der Waals surface area contributed by atoms with Crippen molar-refractivity contribution >= 4 is 53.6 Å². The number of rotatable bonds is 7. The number of nitrogen functional groups attached to an aromatic ring is 2. The average Bonchev–Trinajstić information content (AvgIpc) is 2.96. The number of phenolic OH excluding ortho intramolecular Hbond substituents is 1. The molecule has 0 aliphatic rings. The molecule has 0 amide bonds. The molecule has 0 saturated carbocycles. The van der Waals surface area contributed by atoms with Crippen LogP contribution in [0, 0.1) is 20.8 Å². The van der Waals surface area contributed by atoms with Gasteiger partial charge in [-0.3, -0.25) is 4.79 Å². The number of ether oxygens (including phenoxy) is 2. The Labute approximate surface area is 258 Å². The first kappa shape index (κ1) is 34.5. The molecule has 1 aromatic heterocycles. The van der Waals surface area contributed by atoms with Gasteiger partial charge >= 0.3 is 11.9 Å². The molecule has 0 bridgehead atoms. The maximum Gasteiger partial charge on any atom is 0.347 e. The molecule has 0 unspecified atom stereocenters. The lowest BCUT2D eigenvalue weighted by atomic mass is 10.0. The first-order valence-electron chi connectivity index (χ1n) is 12.5. The Morgan fingerprint density at radius 2 is 1.52 bits per heavy atom. The van der Waals surface area contributed by atoms with E-state index in [2.05, 4.69) is 15.2 Å². The highest BCUT2D eigenvalue weighted by atomic mass is 35.5. The van der Waals surface area contributed by atoms with Gasteiger partial charge in [-0.25, -0.2) is 14.6 Å². The summed E-state index contributed by atoms with van der Waals surface area (Å²) in [5, 5.41) is 37.5. The van der Waals surface area contributed by atoms with Crippen LogP contribution < -0.4 is 20.9 Å². The largest absolute Gasteiger partial charge is 0.507 e. The predicted octanol–water partition coefficient (Wildman–Crippen LogP) is 5.84. The molecule has 230 valence electrons. The molecule has 0 aliphatic carbocycles. The third kappa shape index (κ3) is 7.77. The van der Waals surface area contributed by atoms with Crippen molar-refractivity contribution in [2.75, 3.05) is 18.6 Å². The normalized spacial score (nSPS) is 10.3. The van der Waals surface area contributed by atoms with Gasteiger partial charge in [-0.2, -0.15) is 5.11 Å². The van der Waals surface area contributed by atoms with E-state index < -0.39 is 23.4 Å². The van der Waals surface area contributed by atoms with Crippen LogP contribution in [-0.4, -0.2) is 45.6 Å². The van der Waals surface area contributed by atoms with Crippen molar-refractivity contribution in [3.05, 3.63) is 88.0 Å². The van der Waals surface area contributed by atoms with E-state index in [9.17, 15) is 29.7 Å². The number of anilines is 2. The second-order valence-corrected chi connectivity index (χ2v) is 9.06. The highest BCUT2D eigenvalue weighted by molar-refractivity contribution is 6.00. The van der Waals surface area contributed by atoms with Crippen LogP contribution >= 0.6 is 12.4 Å². The molecular weight excluding hydrogens is 594 g/mol. The number of aromatic hydroxyl groups is 2. The van der Waals surface area contributed by atoms with E-state index in [1.165, 1.54) is 40.0 Å². The van der Waals surface area contributed by atoms with Gasteiger partial charge in [0.05, 0.1) is 18.4 Å². The van der Waals surface area contributed by atoms with E-state index in [1.807, 2.05) is 30.3 Å². The Balaban J connectivity index is 0.000000338. The van der Waals surface area contributed by atoms with E-state index >= 15 is 0 Å². The summed E-state index contributed by atoms with van der Waals surface area (Å²) >= 11 is 0. The van der Waals surface area contributed by atoms with Crippen molar-refractivity contribution < 1.29 is 39.2 Å². The second kappa shape index (κ2) is 15.0. The molecule has 0 radical (unpaired) electrons. The number of carbonyl (C=O) groups excluding carboxylic acids is 2. The van der Waals surface area contributed by atoms with Gasteiger partial charge in [-0.05, 0) is 68.3 Å². The molecule has 13 nitrogen and oxygen atoms in total. The zero-order valence-corrected chi connectivity index (χ0v) is 24.9. The average molecular weight is 624 g/mol. The predicted molar refractivity (Wildman–Crippen MR) is 165 cm³/mol. The topological polar surface area (TPSA) is 220 Å². The fraction of sp³-hybridized carbons (Fsp3) is 0.133. The number of aromatic nitrogens is 1. The first-order chi connectivity index (χ1) is 20.4. The number of benzene rings is 3. The van der Waals surface area contributed by atoms with Crippen molar-refractivity contribution in [3.8, 4) is 23.0 Å². The summed E-state index contributed by atoms with van der Waals surface area (Å²) < 4.78 is 10.3. The van der Waals surface area contributed by atoms with Gasteiger partial charge in [-0.1, -0.05) is 18.2 Å². The minimum atomic E-state index is -1.38. The molecule has 14 heteroatoms. The molecule has 0 spiro atoms. The van der Waals surface area contributed by atoms with Crippen molar-refractivity contribution in [1.82, 2.24) is 4.98 Å². The molecule has 7 N–H and O–H groups in total. The number of aromatic carboxylic acids is 1. The number of aryl methyl sites for hydroxylation is 2. The number of phenols is 2. The quantitative estimate of drug-likeness (QED) is 0.0711. The fourth-order valence-electron chi connectivity index (χ4n) is 3.89. The summed E-state index contributed by atoms with van der Waals surface area (Å²) in [6.45, 7) is 4.35. The summed E-state index contributed by atoms with van der Waals surface area (Å²) in [7, 11) is 1.31. The van der Waals surface area contributed by atoms with Crippen LogP contribution in [0.2, 0.25) is 0 Å². The molecule has 44 heavy (non-hydrogen) atoms. The summed E-state index contributed by atoms with van der Waals surface area (Å²) in [4.78, 5) is 39.1. The first-order valence-corrected chi connectivity index (χ1v) is 12.5. The number of halogens is 1. The van der Waals surface area contributed by atoms with E-state index in [1.54, 1.807) is 12.1 Å². The van der Waals surface area contributed by atoms with Crippen molar-refractivity contribution in [1.29, 1.82) is 0 Å². The van der Waals surface area contributed by atoms with Crippen LogP contribution in [0.4, 0.5) is 23.0 Å². The number of pyridine rings is 1. The lowest BCUT2D eigenvalue weighted by molar-refractivity contribution is 0.0681. The molecule has 0 atom stereocenters. The van der Waals surface area contributed by atoms with Gasteiger partial charge in [0.1, 0.15) is 45.6 Å². The van der Waals surface area contributed by atoms with Crippen molar-refractivity contribution in [3.63, 3.8) is 0 Å². The molecule has 1 heterocycles. The minimum absolute atomic E-state index is 0. The van der Waals surface area contributed by atoms with Crippen LogP contribution in [0.3, 0.4) is 0 Å². The molecular formula is C30H30ClN5O8. The van der Waals surface area contributed by atoms with E-state index in [4.69, 9.17) is 20.9 Å². The third-order valence-corrected chi connectivity index (χ3v) is 6.11. The van der Waals surface area contributed by atoms with Gasteiger partial charge in [0, 0.05) is 5.56 Å². The molecule has 0 aliphatic heterocycles. The maximum atomic E-state index is 12.6. The van der Waals surface area contributed by atoms with Crippen molar-refractivity contribution in [2.45, 2.75) is 20.8 Å². The summed E-state index contributed by atoms with van der Waals surface area (Å²) in [6.07, 6.45) is 0.350. The monoisotopic (exact) mass is 623 g/mol. The lowest BCUT2D eigenvalue weighted by Gasteiger charge is -2.16. The number of esters is 1. The van der Waals surface area contributed by atoms with Gasteiger partial charge in [0.25, 0.3) is 0 Å². The Kier molecular flexibility index (Phi) is 11.7. The Morgan fingerprint density at radius 3 is 2.09 bits per heavy atom. The SMILES string of the molecule is COc1cc(C)c(C(=O)Oc2cc(C)c(O)c(C(=O)O)c2C)c(O)c1C=O.Cl.Nc1ccc(N=Nc2ccccc2)c(N)n1. The highest BCUT2D eigenvalue weighted by Crippen LogP contribution is 2.36. The van der Waals surface area contributed by atoms with E-state index in [0.29, 0.717) is 23.4 Å². The molecule has 4 rings (SSSR count). The third-order valence-electron chi connectivity index (χ3n) is 6.11. The van der Waals surface area contributed by atoms with E-state index in [0.717, 1.165) is 5.69 Å². The summed E-state index contributed by atoms with van der Waals surface area (Å²) in [5.41, 5.74) is 12.1. The molecule has 4 aromatic rings. The number of nitrogens with two attached hydrogens (primary N) is 2. The number of aldehydes is 1. The Hall–Kier alpha value is -5.69. The van der Waals surface area contributed by atoms with Gasteiger partial charge < -0.3 is 36.3 Å². The number of nitrogens with zero attached hydrogens (tertiary/aromatic N) is 3. The number of hydrogen-bond donors (Lipinski definition) is 5. The molecule has 3 aromatic carbocycles. The van der Waals surface area contributed by atoms with Crippen LogP contribution in [-0.2, 0) is 0 Å². The number of carboxylic acids is 1. The smallest absolute Gasteiger partial charge is 0.347 e. The standard InChI is InChI=1S/C19H18O8.C11H11N5.ClH/c1-8-5-13(26-4)11(7-20)17(22)14(8)19(25)27-12-6-9(2)16(21)15(10(12)3)18(23)24;12-10-7-6-9(11(13)14-10)16-15-8-4-2-1-3-5-8;/h5-7,21-22H,1-4H3,(H,23,24);1-7H,(H4,12,13,14);1H. The van der Waals surface area contributed by atoms with Crippen LogP contribution in [0.5, 0.6) is 23.0 Å². The number of carboxylic acid groups (broad SMARTS) is 1. The molecule has 0 fully saturated rings. The van der Waals surface area contributed by atoms with Crippen LogP contribution in [0.1, 0.15) is 47.8 Å². The number of azo groups is 1. The van der Waals surface area contributed by atoms with Gasteiger partial charge in [0.15, 0.2) is 12.1 Å². The van der Waals surface area contributed by atoms with E-state index in [-0.39, 0.29) is 57.5 Å². The second-order valence-electron chi connectivity index (χ2n) is 9.06. The van der Waals surface area contributed by atoms with Gasteiger partial charge in [0.2, 0.25) is 0 Å². The zero-order chi connectivity index (χ0) is 31.8. The van der Waals surface area contributed by atoms with Crippen LogP contribution in [0.25, 0.3) is 0 Å². The number of hydrogen-bond acceptors (Lipinski definition) is 12. The summed E-state index contributed by atoms with van der Waals surface area (Å²) in [6, 6.07) is 15.4. The Morgan fingerprint density at radius 1 is 0.886 bits per heavy atom. The zero-order valence-electron chi connectivity index (χ0n) is 24.1. The highest BCUT2D eigenvalue weighted by Gasteiger charge is 2.26.